The molecule has 0 atom stereocenters. The fourth-order valence-electron chi connectivity index (χ4n) is 1.36. The van der Waals surface area contributed by atoms with Gasteiger partial charge in [-0.15, -0.1) is 0 Å². The zero-order chi connectivity index (χ0) is 16.1. The molecule has 120 valence electrons. The Kier molecular flexibility index (Phi) is 6.35. The molecule has 1 aromatic rings. The summed E-state index contributed by atoms with van der Waals surface area (Å²) in [6.07, 6.45) is 1.15. The molecule has 11 heteroatoms. The lowest BCUT2D eigenvalue weighted by molar-refractivity contribution is 0.578. The van der Waals surface area contributed by atoms with Crippen molar-refractivity contribution in [3.63, 3.8) is 0 Å². The van der Waals surface area contributed by atoms with Crippen molar-refractivity contribution in [3.8, 4) is 0 Å². The topological polar surface area (TPSA) is 117 Å². The molecule has 0 radical (unpaired) electrons. The number of halogens is 1. The van der Waals surface area contributed by atoms with Gasteiger partial charge < -0.3 is 5.32 Å². The summed E-state index contributed by atoms with van der Waals surface area (Å²) >= 11 is 5.92. The molecule has 21 heavy (non-hydrogen) atoms. The van der Waals surface area contributed by atoms with Gasteiger partial charge in [0.15, 0.2) is 0 Å². The summed E-state index contributed by atoms with van der Waals surface area (Å²) in [7, 11) is -6.08. The second-order valence-electron chi connectivity index (χ2n) is 3.95. The third kappa shape index (κ3) is 5.40. The number of sulfonamides is 2. The minimum absolute atomic E-state index is 0.129. The van der Waals surface area contributed by atoms with Crippen molar-refractivity contribution in [3.05, 3.63) is 17.3 Å². The van der Waals surface area contributed by atoms with E-state index in [0.717, 1.165) is 6.20 Å². The van der Waals surface area contributed by atoms with Crippen molar-refractivity contribution in [1.82, 2.24) is 14.4 Å². The Morgan fingerprint density at radius 3 is 2.48 bits per heavy atom. The van der Waals surface area contributed by atoms with Crippen LogP contribution in [0.5, 0.6) is 0 Å². The van der Waals surface area contributed by atoms with Gasteiger partial charge in [0.05, 0.1) is 10.8 Å². The second-order valence-corrected chi connectivity index (χ2v) is 8.17. The van der Waals surface area contributed by atoms with Crippen LogP contribution in [0.4, 0.5) is 5.82 Å². The first-order valence-corrected chi connectivity index (χ1v) is 9.53. The van der Waals surface area contributed by atoms with Crippen LogP contribution in [0.15, 0.2) is 17.2 Å². The maximum atomic E-state index is 12.0. The van der Waals surface area contributed by atoms with E-state index in [1.165, 1.54) is 13.1 Å². The number of aromatic nitrogens is 1. The SMILES string of the molecule is CCNc1ncc(S(=O)(=O)NCCS(=O)(=O)NC)cc1Cl. The number of rotatable bonds is 8. The molecular weight excluding hydrogens is 340 g/mol. The van der Waals surface area contributed by atoms with Gasteiger partial charge in [-0.3, -0.25) is 0 Å². The van der Waals surface area contributed by atoms with Gasteiger partial charge in [0.2, 0.25) is 20.0 Å². The van der Waals surface area contributed by atoms with Crippen molar-refractivity contribution < 1.29 is 16.8 Å². The third-order valence-electron chi connectivity index (χ3n) is 2.44. The molecule has 8 nitrogen and oxygen atoms in total. The quantitative estimate of drug-likeness (QED) is 0.603. The summed E-state index contributed by atoms with van der Waals surface area (Å²) in [6, 6.07) is 1.25. The fraction of sp³-hybridized carbons (Fsp3) is 0.500. The number of anilines is 1. The van der Waals surface area contributed by atoms with E-state index in [2.05, 4.69) is 19.7 Å². The number of nitrogens with zero attached hydrogens (tertiary/aromatic N) is 1. The van der Waals surface area contributed by atoms with E-state index < -0.39 is 20.0 Å². The van der Waals surface area contributed by atoms with Gasteiger partial charge in [0.25, 0.3) is 0 Å². The Bertz CT molecular complexity index is 691. The summed E-state index contributed by atoms with van der Waals surface area (Å²) in [6.45, 7) is 2.20. The highest BCUT2D eigenvalue weighted by atomic mass is 35.5. The summed E-state index contributed by atoms with van der Waals surface area (Å²) in [4.78, 5) is 3.79. The number of hydrogen-bond acceptors (Lipinski definition) is 6. The van der Waals surface area contributed by atoms with Gasteiger partial charge in [-0.25, -0.2) is 31.3 Å². The third-order valence-corrected chi connectivity index (χ3v) is 5.52. The van der Waals surface area contributed by atoms with Crippen LogP contribution in [-0.2, 0) is 20.0 Å². The summed E-state index contributed by atoms with van der Waals surface area (Å²) in [5, 5.41) is 3.05. The largest absolute Gasteiger partial charge is 0.369 e. The molecule has 0 bridgehead atoms. The van der Waals surface area contributed by atoms with E-state index in [0.29, 0.717) is 12.4 Å². The van der Waals surface area contributed by atoms with Crippen LogP contribution in [0.3, 0.4) is 0 Å². The smallest absolute Gasteiger partial charge is 0.242 e. The highest BCUT2D eigenvalue weighted by Crippen LogP contribution is 2.22. The molecule has 0 aromatic carbocycles. The minimum Gasteiger partial charge on any atom is -0.369 e. The minimum atomic E-state index is -3.86. The van der Waals surface area contributed by atoms with Crippen molar-refractivity contribution in [1.29, 1.82) is 0 Å². The normalized spacial score (nSPS) is 12.3. The van der Waals surface area contributed by atoms with Gasteiger partial charge in [0.1, 0.15) is 10.7 Å². The molecule has 3 N–H and O–H groups in total. The molecule has 1 heterocycles. The lowest BCUT2D eigenvalue weighted by atomic mass is 10.4. The van der Waals surface area contributed by atoms with Gasteiger partial charge in [-0.05, 0) is 20.0 Å². The molecule has 1 rings (SSSR count). The molecular formula is C10H17ClN4O4S2. The van der Waals surface area contributed by atoms with Crippen LogP contribution in [0.25, 0.3) is 0 Å². The first kappa shape index (κ1) is 18.1. The summed E-state index contributed by atoms with van der Waals surface area (Å²) in [5.41, 5.74) is 0. The fourth-order valence-corrected chi connectivity index (χ4v) is 3.36. The maximum absolute atomic E-state index is 12.0. The Hall–Kier alpha value is -0.940. The van der Waals surface area contributed by atoms with Crippen molar-refractivity contribution in [2.24, 2.45) is 0 Å². The van der Waals surface area contributed by atoms with Crippen LogP contribution in [0.1, 0.15) is 6.92 Å². The van der Waals surface area contributed by atoms with Crippen LogP contribution in [0, 0.1) is 0 Å². The Balaban J connectivity index is 2.81. The van der Waals surface area contributed by atoms with E-state index in [1.807, 2.05) is 6.92 Å². The molecule has 0 spiro atoms. The molecule has 0 saturated carbocycles. The summed E-state index contributed by atoms with van der Waals surface area (Å²) < 4.78 is 50.6. The molecule has 0 aliphatic rings. The number of hydrogen-bond donors (Lipinski definition) is 3. The Labute approximate surface area is 129 Å². The van der Waals surface area contributed by atoms with E-state index >= 15 is 0 Å². The lowest BCUT2D eigenvalue weighted by Gasteiger charge is -2.09. The molecule has 0 aliphatic heterocycles. The van der Waals surface area contributed by atoms with Gasteiger partial charge in [-0.2, -0.15) is 0 Å². The van der Waals surface area contributed by atoms with E-state index in [9.17, 15) is 16.8 Å². The molecule has 0 aliphatic carbocycles. The van der Waals surface area contributed by atoms with E-state index in [-0.39, 0.29) is 22.2 Å². The summed E-state index contributed by atoms with van der Waals surface area (Å²) in [5.74, 6) is 0.0233. The molecule has 0 unspecified atom stereocenters. The van der Waals surface area contributed by atoms with Crippen molar-refractivity contribution in [2.45, 2.75) is 11.8 Å². The average Bonchev–Trinajstić information content (AvgIpc) is 2.40. The Morgan fingerprint density at radius 2 is 1.95 bits per heavy atom. The standard InChI is InChI=1S/C10H17ClN4O4S2/c1-3-13-10-9(11)6-8(7-14-10)21(18,19)15-4-5-20(16,17)12-2/h6-7,12,15H,3-5H2,1-2H3,(H,13,14). The monoisotopic (exact) mass is 356 g/mol. The predicted octanol–water partition coefficient (Wildman–Crippen LogP) is -0.00570. The van der Waals surface area contributed by atoms with Gasteiger partial charge in [0, 0.05) is 19.3 Å². The zero-order valence-corrected chi connectivity index (χ0v) is 13.9. The van der Waals surface area contributed by atoms with Crippen molar-refractivity contribution in [2.75, 3.05) is 31.2 Å². The molecule has 1 aromatic heterocycles. The van der Waals surface area contributed by atoms with E-state index in [4.69, 9.17) is 11.6 Å². The number of nitrogens with one attached hydrogen (secondary N) is 3. The van der Waals surface area contributed by atoms with E-state index in [1.54, 1.807) is 0 Å². The first-order chi connectivity index (χ1) is 9.72. The second kappa shape index (κ2) is 7.36. The number of pyridine rings is 1. The highest BCUT2D eigenvalue weighted by Gasteiger charge is 2.17. The average molecular weight is 357 g/mol. The van der Waals surface area contributed by atoms with Crippen LogP contribution < -0.4 is 14.8 Å². The maximum Gasteiger partial charge on any atom is 0.242 e. The van der Waals surface area contributed by atoms with Gasteiger partial charge >= 0.3 is 0 Å². The molecule has 0 amide bonds. The Morgan fingerprint density at radius 1 is 1.29 bits per heavy atom. The first-order valence-electron chi connectivity index (χ1n) is 6.02. The predicted molar refractivity (Wildman–Crippen MR) is 81.4 cm³/mol. The van der Waals surface area contributed by atoms with Crippen LogP contribution in [-0.4, -0.2) is 47.7 Å². The highest BCUT2D eigenvalue weighted by molar-refractivity contribution is 7.90. The van der Waals surface area contributed by atoms with Gasteiger partial charge in [-0.1, -0.05) is 11.6 Å². The lowest BCUT2D eigenvalue weighted by Crippen LogP contribution is -2.33. The van der Waals surface area contributed by atoms with Crippen molar-refractivity contribution >= 4 is 37.5 Å². The molecule has 0 fully saturated rings. The van der Waals surface area contributed by atoms with Crippen LogP contribution in [0.2, 0.25) is 5.02 Å². The van der Waals surface area contributed by atoms with Crippen LogP contribution >= 0.6 is 11.6 Å². The zero-order valence-electron chi connectivity index (χ0n) is 11.6. The molecule has 0 saturated heterocycles.